The molecule has 0 atom stereocenters. The number of benzene rings is 1. The second kappa shape index (κ2) is 7.12. The van der Waals surface area contributed by atoms with Crippen LogP contribution in [0.15, 0.2) is 47.1 Å². The Morgan fingerprint density at radius 1 is 1.23 bits per heavy atom. The van der Waals surface area contributed by atoms with Crippen LogP contribution in [-0.4, -0.2) is 21.0 Å². The van der Waals surface area contributed by atoms with E-state index < -0.39 is 17.6 Å². The van der Waals surface area contributed by atoms with Gasteiger partial charge >= 0.3 is 18.0 Å². The second-order valence-electron chi connectivity index (χ2n) is 5.15. The van der Waals surface area contributed by atoms with Gasteiger partial charge in [-0.05, 0) is 29.8 Å². The van der Waals surface area contributed by atoms with Gasteiger partial charge in [0.2, 0.25) is 5.82 Å². The fraction of sp³-hybridized carbons (Fsp3) is 0.125. The summed E-state index contributed by atoms with van der Waals surface area (Å²) in [7, 11) is 0. The van der Waals surface area contributed by atoms with Crippen LogP contribution in [0.3, 0.4) is 0 Å². The molecular formula is C16H10ClF3N4O2. The van der Waals surface area contributed by atoms with E-state index in [0.29, 0.717) is 5.56 Å². The smallest absolute Gasteiger partial charge is 0.344 e. The summed E-state index contributed by atoms with van der Waals surface area (Å²) >= 11 is 5.92. The molecule has 26 heavy (non-hydrogen) atoms. The molecule has 0 saturated carbocycles. The summed E-state index contributed by atoms with van der Waals surface area (Å²) in [4.78, 5) is 19.8. The van der Waals surface area contributed by atoms with Crippen molar-refractivity contribution in [1.82, 2.24) is 20.4 Å². The Kier molecular flexibility index (Phi) is 4.90. The fourth-order valence-corrected chi connectivity index (χ4v) is 2.30. The van der Waals surface area contributed by atoms with Crippen molar-refractivity contribution in [2.75, 3.05) is 0 Å². The molecule has 6 nitrogen and oxygen atoms in total. The highest BCUT2D eigenvalue weighted by atomic mass is 35.5. The minimum absolute atomic E-state index is 0.0762. The first-order valence-electron chi connectivity index (χ1n) is 7.23. The summed E-state index contributed by atoms with van der Waals surface area (Å²) in [6, 6.07) is 7.85. The number of aromatic nitrogens is 3. The minimum atomic E-state index is -4.45. The molecule has 0 bridgehead atoms. The normalized spacial score (nSPS) is 11.4. The Balaban J connectivity index is 1.69. The van der Waals surface area contributed by atoms with Gasteiger partial charge in [0.1, 0.15) is 5.15 Å². The first-order valence-corrected chi connectivity index (χ1v) is 7.61. The van der Waals surface area contributed by atoms with Crippen LogP contribution in [0.25, 0.3) is 11.4 Å². The number of carbonyl (C=O) groups excluding carboxylic acids is 1. The fourth-order valence-electron chi connectivity index (χ4n) is 2.09. The zero-order valence-corrected chi connectivity index (χ0v) is 13.7. The van der Waals surface area contributed by atoms with Crippen molar-refractivity contribution in [3.8, 4) is 11.4 Å². The van der Waals surface area contributed by atoms with Gasteiger partial charge < -0.3 is 9.84 Å². The maximum atomic E-state index is 12.7. The second-order valence-corrected chi connectivity index (χ2v) is 5.50. The minimum Gasteiger partial charge on any atom is -0.344 e. The number of hydrogen-bond acceptors (Lipinski definition) is 5. The lowest BCUT2D eigenvalue weighted by molar-refractivity contribution is -0.137. The highest BCUT2D eigenvalue weighted by molar-refractivity contribution is 6.31. The molecule has 2 aromatic heterocycles. The predicted octanol–water partition coefficient (Wildman–Crippen LogP) is 3.73. The first-order chi connectivity index (χ1) is 12.3. The van der Waals surface area contributed by atoms with E-state index in [-0.39, 0.29) is 29.0 Å². The summed E-state index contributed by atoms with van der Waals surface area (Å²) in [5, 5.41) is 6.21. The van der Waals surface area contributed by atoms with E-state index in [2.05, 4.69) is 20.4 Å². The first kappa shape index (κ1) is 17.9. The lowest BCUT2D eigenvalue weighted by Crippen LogP contribution is -2.23. The third kappa shape index (κ3) is 3.99. The average Bonchev–Trinajstić information content (AvgIpc) is 3.09. The van der Waals surface area contributed by atoms with Crippen LogP contribution in [0.5, 0.6) is 0 Å². The monoisotopic (exact) mass is 382 g/mol. The molecule has 2 heterocycles. The topological polar surface area (TPSA) is 80.9 Å². The van der Waals surface area contributed by atoms with Crippen LogP contribution < -0.4 is 5.32 Å². The zero-order chi connectivity index (χ0) is 18.7. The highest BCUT2D eigenvalue weighted by Gasteiger charge is 2.30. The van der Waals surface area contributed by atoms with Gasteiger partial charge in [-0.15, -0.1) is 0 Å². The van der Waals surface area contributed by atoms with Crippen molar-refractivity contribution in [2.45, 2.75) is 12.7 Å². The molecule has 3 rings (SSSR count). The SMILES string of the molecule is O=C(NCc1cccc(C(F)(F)F)c1)c1nc(-c2cccnc2Cl)no1. The van der Waals surface area contributed by atoms with Gasteiger partial charge in [0.05, 0.1) is 11.1 Å². The lowest BCUT2D eigenvalue weighted by Gasteiger charge is -2.08. The van der Waals surface area contributed by atoms with E-state index in [4.69, 9.17) is 16.1 Å². The summed E-state index contributed by atoms with van der Waals surface area (Å²) in [6.45, 7) is -0.131. The van der Waals surface area contributed by atoms with Gasteiger partial charge in [-0.3, -0.25) is 4.79 Å². The van der Waals surface area contributed by atoms with E-state index in [0.717, 1.165) is 12.1 Å². The van der Waals surface area contributed by atoms with E-state index in [9.17, 15) is 18.0 Å². The Bertz CT molecular complexity index is 943. The number of hydrogen-bond donors (Lipinski definition) is 1. The molecule has 0 aliphatic carbocycles. The third-order valence-electron chi connectivity index (χ3n) is 3.33. The molecule has 0 fully saturated rings. The third-order valence-corrected chi connectivity index (χ3v) is 3.63. The van der Waals surface area contributed by atoms with E-state index in [1.165, 1.54) is 18.3 Å². The largest absolute Gasteiger partial charge is 0.416 e. The zero-order valence-electron chi connectivity index (χ0n) is 12.9. The Labute approximate surface area is 150 Å². The lowest BCUT2D eigenvalue weighted by atomic mass is 10.1. The summed E-state index contributed by atoms with van der Waals surface area (Å²) in [5.41, 5.74) is -0.131. The molecule has 1 amide bonds. The summed E-state index contributed by atoms with van der Waals surface area (Å²) in [6.07, 6.45) is -2.97. The molecule has 3 aromatic rings. The van der Waals surface area contributed by atoms with Gasteiger partial charge in [-0.25, -0.2) is 4.98 Å². The number of pyridine rings is 1. The van der Waals surface area contributed by atoms with Gasteiger partial charge in [0, 0.05) is 12.7 Å². The van der Waals surface area contributed by atoms with Crippen LogP contribution in [-0.2, 0) is 12.7 Å². The van der Waals surface area contributed by atoms with Crippen molar-refractivity contribution >= 4 is 17.5 Å². The molecular weight excluding hydrogens is 373 g/mol. The standard InChI is InChI=1S/C16H10ClF3N4O2/c17-12-11(5-2-6-21-12)13-23-15(26-24-13)14(25)22-8-9-3-1-4-10(7-9)16(18,19)20/h1-7H,8H2,(H,22,25). The van der Waals surface area contributed by atoms with E-state index >= 15 is 0 Å². The highest BCUT2D eigenvalue weighted by Crippen LogP contribution is 2.29. The van der Waals surface area contributed by atoms with Crippen molar-refractivity contribution < 1.29 is 22.5 Å². The van der Waals surface area contributed by atoms with Crippen LogP contribution in [0, 0.1) is 0 Å². The number of nitrogens with one attached hydrogen (secondary N) is 1. The molecule has 0 aliphatic heterocycles. The van der Waals surface area contributed by atoms with Crippen LogP contribution in [0.2, 0.25) is 5.15 Å². The molecule has 0 unspecified atom stereocenters. The van der Waals surface area contributed by atoms with Gasteiger partial charge in [-0.2, -0.15) is 18.2 Å². The number of halogens is 4. The van der Waals surface area contributed by atoms with E-state index in [1.54, 1.807) is 12.1 Å². The number of amides is 1. The van der Waals surface area contributed by atoms with Crippen LogP contribution in [0.1, 0.15) is 21.8 Å². The maximum Gasteiger partial charge on any atom is 0.416 e. The number of alkyl halides is 3. The molecule has 0 saturated heterocycles. The predicted molar refractivity (Wildman–Crippen MR) is 85.2 cm³/mol. The van der Waals surface area contributed by atoms with Crippen molar-refractivity contribution in [1.29, 1.82) is 0 Å². The number of rotatable bonds is 4. The van der Waals surface area contributed by atoms with E-state index in [1.807, 2.05) is 0 Å². The number of carbonyl (C=O) groups is 1. The Morgan fingerprint density at radius 3 is 2.77 bits per heavy atom. The maximum absolute atomic E-state index is 12.7. The summed E-state index contributed by atoms with van der Waals surface area (Å²) < 4.78 is 42.9. The Hall–Kier alpha value is -2.94. The van der Waals surface area contributed by atoms with Crippen molar-refractivity contribution in [2.24, 2.45) is 0 Å². The molecule has 1 N–H and O–H groups in total. The molecule has 0 radical (unpaired) electrons. The average molecular weight is 383 g/mol. The van der Waals surface area contributed by atoms with Gasteiger partial charge in [-0.1, -0.05) is 28.9 Å². The van der Waals surface area contributed by atoms with Crippen molar-refractivity contribution in [3.05, 3.63) is 64.8 Å². The quantitative estimate of drug-likeness (QED) is 0.695. The number of nitrogens with zero attached hydrogens (tertiary/aromatic N) is 3. The molecule has 0 aliphatic rings. The molecule has 134 valence electrons. The Morgan fingerprint density at radius 2 is 2.04 bits per heavy atom. The molecule has 1 aromatic carbocycles. The van der Waals surface area contributed by atoms with Crippen molar-refractivity contribution in [3.63, 3.8) is 0 Å². The molecule has 10 heteroatoms. The van der Waals surface area contributed by atoms with Crippen LogP contribution in [0.4, 0.5) is 13.2 Å². The van der Waals surface area contributed by atoms with Crippen LogP contribution >= 0.6 is 11.6 Å². The molecule has 0 spiro atoms. The summed E-state index contributed by atoms with van der Waals surface area (Å²) in [5.74, 6) is -0.986. The van der Waals surface area contributed by atoms with Gasteiger partial charge in [0.15, 0.2) is 0 Å². The van der Waals surface area contributed by atoms with Gasteiger partial charge in [0.25, 0.3) is 0 Å².